The van der Waals surface area contributed by atoms with E-state index in [1.165, 1.54) is 12.3 Å². The molecule has 2 heterocycles. The summed E-state index contributed by atoms with van der Waals surface area (Å²) in [6.45, 7) is 1.78. The number of nitro benzene ring substituents is 1. The lowest BCUT2D eigenvalue weighted by Crippen LogP contribution is -2.30. The number of aryl methyl sites for hydroxylation is 1. The SMILES string of the molecule is Cc1ccc(-c2ccc(/C=N\N3C(=O)[C@@H]4[C@H](C3=O)[C@H]3C=C[C@@H]4C34CC4)o2)c([N+](=O)[O-])c1. The first-order valence-electron chi connectivity index (χ1n) is 10.4. The Morgan fingerprint density at radius 3 is 2.42 bits per heavy atom. The average Bonchev–Trinajstić information content (AvgIpc) is 3.03. The monoisotopic (exact) mass is 417 g/mol. The first-order chi connectivity index (χ1) is 14.9. The molecule has 6 rings (SSSR count). The zero-order valence-electron chi connectivity index (χ0n) is 16.7. The average molecular weight is 417 g/mol. The summed E-state index contributed by atoms with van der Waals surface area (Å²) < 4.78 is 5.71. The molecule has 4 atom stereocenters. The van der Waals surface area contributed by atoms with Gasteiger partial charge in [-0.15, -0.1) is 0 Å². The van der Waals surface area contributed by atoms with E-state index in [1.54, 1.807) is 31.2 Å². The number of carbonyl (C=O) groups excluding carboxylic acids is 2. The van der Waals surface area contributed by atoms with E-state index in [0.29, 0.717) is 17.1 Å². The van der Waals surface area contributed by atoms with E-state index in [0.717, 1.165) is 23.4 Å². The maximum absolute atomic E-state index is 13.0. The number of carbonyl (C=O) groups is 2. The van der Waals surface area contributed by atoms with E-state index in [9.17, 15) is 19.7 Å². The van der Waals surface area contributed by atoms with Crippen molar-refractivity contribution in [1.29, 1.82) is 0 Å². The summed E-state index contributed by atoms with van der Waals surface area (Å²) in [5.74, 6) is -0.156. The molecule has 1 aromatic carbocycles. The van der Waals surface area contributed by atoms with Gasteiger partial charge in [-0.05, 0) is 60.8 Å². The topological polar surface area (TPSA) is 106 Å². The Morgan fingerprint density at radius 2 is 1.81 bits per heavy atom. The third kappa shape index (κ3) is 2.38. The third-order valence-electron chi connectivity index (χ3n) is 7.37. The van der Waals surface area contributed by atoms with E-state index in [2.05, 4.69) is 17.3 Å². The van der Waals surface area contributed by atoms with Crippen molar-refractivity contribution in [3.8, 4) is 11.3 Å². The number of nitrogens with zero attached hydrogens (tertiary/aromatic N) is 3. The molecule has 8 nitrogen and oxygen atoms in total. The molecule has 2 aromatic rings. The van der Waals surface area contributed by atoms with Crippen LogP contribution in [-0.2, 0) is 9.59 Å². The summed E-state index contributed by atoms with van der Waals surface area (Å²) in [4.78, 5) is 36.8. The molecule has 0 N–H and O–H groups in total. The maximum atomic E-state index is 13.0. The summed E-state index contributed by atoms with van der Waals surface area (Å²) in [6, 6.07) is 8.12. The van der Waals surface area contributed by atoms with Gasteiger partial charge in [0.05, 0.1) is 28.5 Å². The number of furan rings is 1. The number of hydrazone groups is 1. The molecule has 3 fully saturated rings. The molecule has 4 aliphatic rings. The first-order valence-corrected chi connectivity index (χ1v) is 10.4. The minimum Gasteiger partial charge on any atom is -0.455 e. The summed E-state index contributed by atoms with van der Waals surface area (Å²) in [7, 11) is 0. The zero-order chi connectivity index (χ0) is 21.5. The van der Waals surface area contributed by atoms with Crippen LogP contribution in [0.4, 0.5) is 5.69 Å². The Kier molecular flexibility index (Phi) is 3.53. The van der Waals surface area contributed by atoms with Crippen molar-refractivity contribution in [3.05, 3.63) is 63.9 Å². The van der Waals surface area contributed by atoms with Crippen LogP contribution in [-0.4, -0.2) is 28.0 Å². The van der Waals surface area contributed by atoms with Crippen LogP contribution < -0.4 is 0 Å². The first kappa shape index (κ1) is 18.2. The number of allylic oxidation sites excluding steroid dienone is 2. The Morgan fingerprint density at radius 1 is 1.13 bits per heavy atom. The van der Waals surface area contributed by atoms with Gasteiger partial charge in [-0.3, -0.25) is 19.7 Å². The Hall–Kier alpha value is -3.55. The predicted octanol–water partition coefficient (Wildman–Crippen LogP) is 3.69. The summed E-state index contributed by atoms with van der Waals surface area (Å²) in [6.07, 6.45) is 7.73. The lowest BCUT2D eigenvalue weighted by molar-refractivity contribution is -0.384. The van der Waals surface area contributed by atoms with E-state index >= 15 is 0 Å². The van der Waals surface area contributed by atoms with Crippen LogP contribution in [0.15, 0.2) is 52.0 Å². The number of hydrogen-bond acceptors (Lipinski definition) is 6. The maximum Gasteiger partial charge on any atom is 0.280 e. The fourth-order valence-corrected chi connectivity index (χ4v) is 5.86. The number of fused-ring (bicyclic) bond motifs is 3. The highest BCUT2D eigenvalue weighted by Gasteiger charge is 2.73. The largest absolute Gasteiger partial charge is 0.455 e. The van der Waals surface area contributed by atoms with Gasteiger partial charge >= 0.3 is 0 Å². The lowest BCUT2D eigenvalue weighted by Gasteiger charge is -2.18. The van der Waals surface area contributed by atoms with Crippen molar-refractivity contribution in [2.75, 3.05) is 0 Å². The van der Waals surface area contributed by atoms with E-state index in [4.69, 9.17) is 4.42 Å². The molecule has 1 aromatic heterocycles. The molecule has 2 amide bonds. The van der Waals surface area contributed by atoms with Crippen LogP contribution in [0.3, 0.4) is 0 Å². The van der Waals surface area contributed by atoms with Gasteiger partial charge in [0.15, 0.2) is 0 Å². The molecule has 1 saturated heterocycles. The van der Waals surface area contributed by atoms with Crippen LogP contribution in [0.1, 0.15) is 24.2 Å². The van der Waals surface area contributed by atoms with E-state index in [-0.39, 0.29) is 46.6 Å². The van der Waals surface area contributed by atoms with Crippen LogP contribution in [0, 0.1) is 46.1 Å². The van der Waals surface area contributed by atoms with Gasteiger partial charge in [0.2, 0.25) is 0 Å². The summed E-state index contributed by atoms with van der Waals surface area (Å²) in [5.41, 5.74) is 1.23. The molecule has 156 valence electrons. The molecule has 8 heteroatoms. The number of amides is 2. The zero-order valence-corrected chi connectivity index (χ0v) is 16.7. The lowest BCUT2D eigenvalue weighted by atomic mass is 9.85. The standard InChI is InChI=1S/C23H19N3O5/c1-12-2-4-14(17(10-12)26(29)30)18-7-3-13(31-18)11-24-25-21(27)19-15-5-6-16(20(19)22(25)28)23(15)8-9-23/h2-7,10-11,15-16,19-20H,8-9H2,1H3/b24-11-/t15-,16+,19-,20+. The number of rotatable bonds is 4. The van der Waals surface area contributed by atoms with Crippen LogP contribution in [0.5, 0.6) is 0 Å². The quantitative estimate of drug-likeness (QED) is 0.248. The molecule has 3 aliphatic carbocycles. The van der Waals surface area contributed by atoms with Crippen molar-refractivity contribution in [3.63, 3.8) is 0 Å². The summed E-state index contributed by atoms with van der Waals surface area (Å²) in [5, 5.41) is 16.5. The van der Waals surface area contributed by atoms with Crippen LogP contribution in [0.25, 0.3) is 11.3 Å². The van der Waals surface area contributed by atoms with E-state index < -0.39 is 4.92 Å². The van der Waals surface area contributed by atoms with Gasteiger partial charge in [0.25, 0.3) is 17.5 Å². The minimum atomic E-state index is -0.450. The van der Waals surface area contributed by atoms with Gasteiger partial charge < -0.3 is 4.42 Å². The van der Waals surface area contributed by atoms with Gasteiger partial charge in [-0.2, -0.15) is 10.1 Å². The Balaban J connectivity index is 1.25. The Bertz CT molecular complexity index is 1190. The third-order valence-corrected chi connectivity index (χ3v) is 7.37. The number of benzene rings is 1. The normalized spacial score (nSPS) is 29.5. The minimum absolute atomic E-state index is 0.0486. The summed E-state index contributed by atoms with van der Waals surface area (Å²) >= 11 is 0. The molecule has 31 heavy (non-hydrogen) atoms. The number of imide groups is 1. The van der Waals surface area contributed by atoms with Gasteiger partial charge in [0.1, 0.15) is 11.5 Å². The van der Waals surface area contributed by atoms with Gasteiger partial charge in [-0.25, -0.2) is 0 Å². The van der Waals surface area contributed by atoms with Crippen LogP contribution in [0.2, 0.25) is 0 Å². The second-order valence-electron chi connectivity index (χ2n) is 8.93. The fourth-order valence-electron chi connectivity index (χ4n) is 5.86. The van der Waals surface area contributed by atoms with Gasteiger partial charge in [0, 0.05) is 6.07 Å². The second-order valence-corrected chi connectivity index (χ2v) is 8.93. The molecule has 1 spiro atoms. The molecule has 2 saturated carbocycles. The molecule has 0 unspecified atom stereocenters. The van der Waals surface area contributed by atoms with Crippen molar-refractivity contribution >= 4 is 23.7 Å². The number of nitro groups is 1. The fraction of sp³-hybridized carbons (Fsp3) is 0.348. The van der Waals surface area contributed by atoms with Crippen molar-refractivity contribution in [2.24, 2.45) is 34.2 Å². The predicted molar refractivity (Wildman–Crippen MR) is 110 cm³/mol. The highest BCUT2D eigenvalue weighted by atomic mass is 16.6. The van der Waals surface area contributed by atoms with Crippen LogP contribution >= 0.6 is 0 Å². The van der Waals surface area contributed by atoms with E-state index in [1.807, 2.05) is 0 Å². The van der Waals surface area contributed by atoms with Gasteiger partial charge in [-0.1, -0.05) is 18.2 Å². The molecular weight excluding hydrogens is 398 g/mol. The highest BCUT2D eigenvalue weighted by molar-refractivity contribution is 6.07. The molecular formula is C23H19N3O5. The smallest absolute Gasteiger partial charge is 0.280 e. The number of hydrogen-bond donors (Lipinski definition) is 0. The van der Waals surface area contributed by atoms with Crippen molar-refractivity contribution < 1.29 is 18.9 Å². The molecule has 1 aliphatic heterocycles. The van der Waals surface area contributed by atoms with Crippen molar-refractivity contribution in [2.45, 2.75) is 19.8 Å². The highest BCUT2D eigenvalue weighted by Crippen LogP contribution is 2.73. The molecule has 2 bridgehead atoms. The molecule has 0 radical (unpaired) electrons. The Labute approximate surface area is 177 Å². The second kappa shape index (κ2) is 6.00. The van der Waals surface area contributed by atoms with Crippen molar-refractivity contribution in [1.82, 2.24) is 5.01 Å².